The molecule has 2 nitrogen and oxygen atoms in total. The number of hydrogen-bond donors (Lipinski definition) is 1. The fourth-order valence-electron chi connectivity index (χ4n) is 2.25. The Kier molecular flexibility index (Phi) is 3.74. The van der Waals surface area contributed by atoms with E-state index in [1.54, 1.807) is 19.1 Å². The number of rotatable bonds is 2. The molecule has 1 atom stereocenters. The molecule has 0 aliphatic carbocycles. The summed E-state index contributed by atoms with van der Waals surface area (Å²) >= 11 is 0. The van der Waals surface area contributed by atoms with Gasteiger partial charge < -0.3 is 5.32 Å². The lowest BCUT2D eigenvalue weighted by atomic mass is 10.0. The fourth-order valence-corrected chi connectivity index (χ4v) is 2.25. The minimum absolute atomic E-state index is 0.0767. The Morgan fingerprint density at radius 2 is 1.82 bits per heavy atom. The van der Waals surface area contributed by atoms with Gasteiger partial charge in [0.05, 0.1) is 0 Å². The molecule has 0 unspecified atom stereocenters. The summed E-state index contributed by atoms with van der Waals surface area (Å²) in [5, 5.41) is 3.25. The van der Waals surface area contributed by atoms with Crippen LogP contribution >= 0.6 is 0 Å². The molecule has 0 spiro atoms. The lowest BCUT2D eigenvalue weighted by molar-refractivity contribution is 0.181. The second kappa shape index (κ2) is 5.10. The number of aryl methyl sites for hydroxylation is 1. The predicted octanol–water partition coefficient (Wildman–Crippen LogP) is 2.24. The van der Waals surface area contributed by atoms with Crippen molar-refractivity contribution in [1.82, 2.24) is 10.2 Å². The molecular formula is C13H18F2N2. The Labute approximate surface area is 101 Å². The van der Waals surface area contributed by atoms with Crippen molar-refractivity contribution in [2.75, 3.05) is 26.2 Å². The number of benzene rings is 1. The van der Waals surface area contributed by atoms with Crippen molar-refractivity contribution in [1.29, 1.82) is 0 Å². The van der Waals surface area contributed by atoms with E-state index in [9.17, 15) is 8.78 Å². The molecule has 17 heavy (non-hydrogen) atoms. The first-order valence-electron chi connectivity index (χ1n) is 6.00. The van der Waals surface area contributed by atoms with Gasteiger partial charge in [-0.2, -0.15) is 0 Å². The van der Waals surface area contributed by atoms with E-state index in [0.29, 0.717) is 11.1 Å². The van der Waals surface area contributed by atoms with Crippen molar-refractivity contribution >= 4 is 0 Å². The van der Waals surface area contributed by atoms with Crippen molar-refractivity contribution in [3.05, 3.63) is 34.9 Å². The normalized spacial score (nSPS) is 19.3. The van der Waals surface area contributed by atoms with Crippen molar-refractivity contribution in [3.8, 4) is 0 Å². The Morgan fingerprint density at radius 3 is 2.47 bits per heavy atom. The van der Waals surface area contributed by atoms with Crippen molar-refractivity contribution in [3.63, 3.8) is 0 Å². The molecule has 2 rings (SSSR count). The van der Waals surface area contributed by atoms with Crippen LogP contribution in [0.15, 0.2) is 12.1 Å². The molecule has 0 amide bonds. The Balaban J connectivity index is 2.24. The van der Waals surface area contributed by atoms with Gasteiger partial charge in [-0.15, -0.1) is 0 Å². The molecule has 1 aliphatic heterocycles. The van der Waals surface area contributed by atoms with Crippen LogP contribution in [0.4, 0.5) is 8.78 Å². The average Bonchev–Trinajstić information content (AvgIpc) is 2.36. The molecule has 94 valence electrons. The van der Waals surface area contributed by atoms with E-state index in [-0.39, 0.29) is 6.04 Å². The highest BCUT2D eigenvalue weighted by molar-refractivity contribution is 5.27. The van der Waals surface area contributed by atoms with E-state index in [4.69, 9.17) is 0 Å². The maximum atomic E-state index is 13.9. The van der Waals surface area contributed by atoms with Crippen LogP contribution in [-0.4, -0.2) is 31.1 Å². The maximum Gasteiger partial charge on any atom is 0.163 e. The van der Waals surface area contributed by atoms with Crippen LogP contribution in [0.3, 0.4) is 0 Å². The van der Waals surface area contributed by atoms with Gasteiger partial charge in [0.25, 0.3) is 0 Å². The van der Waals surface area contributed by atoms with Crippen LogP contribution in [0.25, 0.3) is 0 Å². The van der Waals surface area contributed by atoms with E-state index in [2.05, 4.69) is 10.2 Å². The number of halogens is 2. The number of nitrogens with one attached hydrogen (secondary N) is 1. The van der Waals surface area contributed by atoms with E-state index in [0.717, 1.165) is 26.2 Å². The summed E-state index contributed by atoms with van der Waals surface area (Å²) < 4.78 is 27.4. The van der Waals surface area contributed by atoms with Gasteiger partial charge in [0.2, 0.25) is 0 Å². The van der Waals surface area contributed by atoms with Crippen molar-refractivity contribution < 1.29 is 8.78 Å². The second-order valence-electron chi connectivity index (χ2n) is 4.56. The third-order valence-electron chi connectivity index (χ3n) is 3.45. The summed E-state index contributed by atoms with van der Waals surface area (Å²) in [5.41, 5.74) is 0.814. The number of nitrogens with zero attached hydrogens (tertiary/aromatic N) is 1. The Hall–Kier alpha value is -1.00. The highest BCUT2D eigenvalue weighted by atomic mass is 19.2. The monoisotopic (exact) mass is 240 g/mol. The van der Waals surface area contributed by atoms with Gasteiger partial charge in [-0.25, -0.2) is 8.78 Å². The zero-order chi connectivity index (χ0) is 12.4. The molecule has 1 aliphatic rings. The summed E-state index contributed by atoms with van der Waals surface area (Å²) in [7, 11) is 0. The molecule has 1 fully saturated rings. The molecule has 0 saturated carbocycles. The van der Waals surface area contributed by atoms with E-state index in [1.165, 1.54) is 0 Å². The molecule has 1 aromatic carbocycles. The lowest BCUT2D eigenvalue weighted by Crippen LogP contribution is -2.44. The number of piperazine rings is 1. The molecule has 4 heteroatoms. The molecular weight excluding hydrogens is 222 g/mol. The van der Waals surface area contributed by atoms with Gasteiger partial charge in [-0.3, -0.25) is 4.90 Å². The third-order valence-corrected chi connectivity index (χ3v) is 3.45. The molecule has 0 radical (unpaired) electrons. The summed E-state index contributed by atoms with van der Waals surface area (Å²) in [4.78, 5) is 2.17. The molecule has 1 aromatic rings. The first-order valence-corrected chi connectivity index (χ1v) is 6.00. The summed E-state index contributed by atoms with van der Waals surface area (Å²) in [5.74, 6) is -1.42. The van der Waals surface area contributed by atoms with Crippen molar-refractivity contribution in [2.24, 2.45) is 0 Å². The minimum atomic E-state index is -0.718. The largest absolute Gasteiger partial charge is 0.314 e. The highest BCUT2D eigenvalue weighted by Crippen LogP contribution is 2.26. The van der Waals surface area contributed by atoms with E-state index >= 15 is 0 Å². The van der Waals surface area contributed by atoms with Gasteiger partial charge in [0.15, 0.2) is 11.6 Å². The highest BCUT2D eigenvalue weighted by Gasteiger charge is 2.22. The van der Waals surface area contributed by atoms with Gasteiger partial charge in [-0.05, 0) is 19.4 Å². The summed E-state index contributed by atoms with van der Waals surface area (Å²) in [6.45, 7) is 7.06. The van der Waals surface area contributed by atoms with Gasteiger partial charge >= 0.3 is 0 Å². The maximum absolute atomic E-state index is 13.9. The first kappa shape index (κ1) is 12.5. The lowest BCUT2D eigenvalue weighted by Gasteiger charge is -2.33. The zero-order valence-electron chi connectivity index (χ0n) is 10.3. The summed E-state index contributed by atoms with van der Waals surface area (Å²) in [6.07, 6.45) is 0. The van der Waals surface area contributed by atoms with Crippen LogP contribution in [0, 0.1) is 18.6 Å². The number of hydrogen-bond acceptors (Lipinski definition) is 2. The smallest absolute Gasteiger partial charge is 0.163 e. The molecule has 1 saturated heterocycles. The van der Waals surface area contributed by atoms with Crippen LogP contribution < -0.4 is 5.32 Å². The van der Waals surface area contributed by atoms with Gasteiger partial charge in [0.1, 0.15) is 0 Å². The predicted molar refractivity (Wildman–Crippen MR) is 64.0 cm³/mol. The van der Waals surface area contributed by atoms with Crippen LogP contribution in [0.5, 0.6) is 0 Å². The Bertz CT molecular complexity index is 401. The molecule has 1 N–H and O–H groups in total. The molecule has 0 bridgehead atoms. The van der Waals surface area contributed by atoms with E-state index < -0.39 is 11.6 Å². The second-order valence-corrected chi connectivity index (χ2v) is 4.56. The third kappa shape index (κ3) is 2.48. The quantitative estimate of drug-likeness (QED) is 0.853. The van der Waals surface area contributed by atoms with Crippen LogP contribution in [0.1, 0.15) is 24.1 Å². The van der Waals surface area contributed by atoms with Crippen LogP contribution in [0.2, 0.25) is 0 Å². The zero-order valence-corrected chi connectivity index (χ0v) is 10.3. The van der Waals surface area contributed by atoms with E-state index in [1.807, 2.05) is 6.92 Å². The molecule has 1 heterocycles. The van der Waals surface area contributed by atoms with Crippen molar-refractivity contribution in [2.45, 2.75) is 19.9 Å². The standard InChI is InChI=1S/C13H18F2N2/c1-9-3-4-11(13(15)12(9)14)10(2)17-7-5-16-6-8-17/h3-4,10,16H,5-8H2,1-2H3/t10-/m0/s1. The fraction of sp³-hybridized carbons (Fsp3) is 0.538. The summed E-state index contributed by atoms with van der Waals surface area (Å²) in [6, 6.07) is 3.26. The van der Waals surface area contributed by atoms with Gasteiger partial charge in [-0.1, -0.05) is 12.1 Å². The van der Waals surface area contributed by atoms with Crippen LogP contribution in [-0.2, 0) is 0 Å². The average molecular weight is 240 g/mol. The molecule has 0 aromatic heterocycles. The topological polar surface area (TPSA) is 15.3 Å². The minimum Gasteiger partial charge on any atom is -0.314 e. The SMILES string of the molecule is Cc1ccc([C@H](C)N2CCNCC2)c(F)c1F. The van der Waals surface area contributed by atoms with Gasteiger partial charge in [0, 0.05) is 37.8 Å². The first-order chi connectivity index (χ1) is 8.11. The Morgan fingerprint density at radius 1 is 1.18 bits per heavy atom.